The molecule has 1 saturated heterocycles. The lowest BCUT2D eigenvalue weighted by Crippen LogP contribution is -2.48. The first-order valence-electron chi connectivity index (χ1n) is 9.49. The Morgan fingerprint density at radius 3 is 2.66 bits per heavy atom. The van der Waals surface area contributed by atoms with Crippen molar-refractivity contribution in [2.75, 3.05) is 19.6 Å². The van der Waals surface area contributed by atoms with E-state index in [4.69, 9.17) is 15.9 Å². The lowest BCUT2D eigenvalue weighted by molar-refractivity contribution is -0.153. The van der Waals surface area contributed by atoms with Gasteiger partial charge in [0, 0.05) is 11.4 Å². The molecule has 29 heavy (non-hydrogen) atoms. The van der Waals surface area contributed by atoms with Crippen LogP contribution in [0.4, 0.5) is 0 Å². The highest BCUT2D eigenvalue weighted by Crippen LogP contribution is 2.19. The van der Waals surface area contributed by atoms with Crippen LogP contribution in [-0.4, -0.2) is 59.8 Å². The smallest absolute Gasteiger partial charge is 0.320 e. The molecule has 1 aromatic heterocycles. The predicted octanol–water partition coefficient (Wildman–Crippen LogP) is 0.571. The number of nitrogens with one attached hydrogen (secondary N) is 3. The van der Waals surface area contributed by atoms with E-state index in [0.717, 1.165) is 11.3 Å². The molecule has 2 rings (SSSR count). The summed E-state index contributed by atoms with van der Waals surface area (Å²) in [6.07, 6.45) is 1.36. The summed E-state index contributed by atoms with van der Waals surface area (Å²) in [7, 11) is 0. The highest BCUT2D eigenvalue weighted by atomic mass is 32.1. The quantitative estimate of drug-likeness (QED) is 0.274. The number of nitrogen functional groups attached to an aromatic ring is 1. The zero-order chi connectivity index (χ0) is 21.6. The third-order valence-electron chi connectivity index (χ3n) is 4.21. The van der Waals surface area contributed by atoms with Crippen molar-refractivity contribution in [3.8, 4) is 0 Å². The van der Waals surface area contributed by atoms with Crippen LogP contribution in [0.3, 0.4) is 0 Å². The van der Waals surface area contributed by atoms with Gasteiger partial charge in [-0.15, -0.1) is 11.3 Å². The third-order valence-corrected chi connectivity index (χ3v) is 5.32. The van der Waals surface area contributed by atoms with Gasteiger partial charge in [0.2, 0.25) is 11.8 Å². The number of hydrogen-bond acceptors (Lipinski definition) is 7. The number of carbonyl (C=O) groups excluding carboxylic acids is 3. The van der Waals surface area contributed by atoms with Crippen LogP contribution in [0.15, 0.2) is 12.1 Å². The van der Waals surface area contributed by atoms with E-state index in [1.165, 1.54) is 11.3 Å². The fraction of sp³-hybridized carbons (Fsp3) is 0.579. The minimum absolute atomic E-state index is 0.000905. The molecule has 1 aliphatic heterocycles. The fourth-order valence-electron chi connectivity index (χ4n) is 3.00. The molecule has 2 amide bonds. The molecule has 0 saturated carbocycles. The van der Waals surface area contributed by atoms with Gasteiger partial charge in [-0.2, -0.15) is 0 Å². The van der Waals surface area contributed by atoms with Gasteiger partial charge in [0.1, 0.15) is 17.5 Å². The Hall–Kier alpha value is -2.46. The number of hydrogen-bond donors (Lipinski definition) is 4. The number of ether oxygens (including phenoxy) is 1. The van der Waals surface area contributed by atoms with E-state index in [1.54, 1.807) is 31.7 Å². The Kier molecular flexibility index (Phi) is 7.74. The number of carbonyl (C=O) groups is 3. The van der Waals surface area contributed by atoms with Gasteiger partial charge in [0.05, 0.1) is 24.5 Å². The molecular weight excluding hydrogens is 394 g/mol. The highest BCUT2D eigenvalue weighted by Gasteiger charge is 2.33. The van der Waals surface area contributed by atoms with Crippen molar-refractivity contribution < 1.29 is 19.1 Å². The monoisotopic (exact) mass is 423 g/mol. The van der Waals surface area contributed by atoms with Crippen LogP contribution in [0.2, 0.25) is 0 Å². The normalized spacial score (nSPS) is 16.5. The Labute approximate surface area is 174 Å². The number of amidine groups is 1. The number of likely N-dealkylation sites (tertiary alicyclic amines) is 1. The molecule has 0 aliphatic carbocycles. The zero-order valence-corrected chi connectivity index (χ0v) is 17.9. The average molecular weight is 424 g/mol. The first kappa shape index (κ1) is 22.8. The largest absolute Gasteiger partial charge is 0.459 e. The summed E-state index contributed by atoms with van der Waals surface area (Å²) in [5.74, 6) is -0.858. The van der Waals surface area contributed by atoms with Crippen molar-refractivity contribution in [3.63, 3.8) is 0 Å². The molecule has 0 aromatic carbocycles. The van der Waals surface area contributed by atoms with Crippen molar-refractivity contribution in [1.29, 1.82) is 5.41 Å². The van der Waals surface area contributed by atoms with E-state index >= 15 is 0 Å². The maximum Gasteiger partial charge on any atom is 0.320 e. The van der Waals surface area contributed by atoms with Gasteiger partial charge >= 0.3 is 5.97 Å². The molecular formula is C19H29N5O4S. The third kappa shape index (κ3) is 7.13. The van der Waals surface area contributed by atoms with Crippen LogP contribution >= 0.6 is 11.3 Å². The molecule has 0 bridgehead atoms. The van der Waals surface area contributed by atoms with Crippen LogP contribution in [-0.2, 0) is 25.7 Å². The molecule has 1 aromatic rings. The summed E-state index contributed by atoms with van der Waals surface area (Å²) in [5.41, 5.74) is 4.88. The van der Waals surface area contributed by atoms with Crippen molar-refractivity contribution in [1.82, 2.24) is 15.5 Å². The number of nitrogens with zero attached hydrogens (tertiary/aromatic N) is 1. The van der Waals surface area contributed by atoms with Crippen molar-refractivity contribution in [3.05, 3.63) is 21.9 Å². The van der Waals surface area contributed by atoms with Gasteiger partial charge in [-0.05, 0) is 45.7 Å². The maximum absolute atomic E-state index is 12.6. The minimum Gasteiger partial charge on any atom is -0.459 e. The molecule has 0 spiro atoms. The topological polar surface area (TPSA) is 138 Å². The average Bonchev–Trinajstić information content (AvgIpc) is 3.27. The molecule has 5 N–H and O–H groups in total. The highest BCUT2D eigenvalue weighted by molar-refractivity contribution is 7.14. The first-order valence-corrected chi connectivity index (χ1v) is 10.3. The van der Waals surface area contributed by atoms with E-state index in [-0.39, 0.29) is 30.7 Å². The van der Waals surface area contributed by atoms with Crippen LogP contribution in [0.25, 0.3) is 0 Å². The van der Waals surface area contributed by atoms with Crippen molar-refractivity contribution >= 4 is 35.0 Å². The maximum atomic E-state index is 12.6. The lowest BCUT2D eigenvalue weighted by atomic mass is 10.2. The molecule has 0 radical (unpaired) electrons. The molecule has 160 valence electrons. The SMILES string of the molecule is CC(C)(C)OC(=O)CNCC(=O)N1CCCC1C(=O)NCc1ccc(C(=N)N)s1. The van der Waals surface area contributed by atoms with Gasteiger partial charge in [-0.1, -0.05) is 0 Å². The van der Waals surface area contributed by atoms with E-state index in [1.807, 2.05) is 6.07 Å². The molecule has 10 heteroatoms. The second-order valence-corrected chi connectivity index (χ2v) is 9.00. The molecule has 1 atom stereocenters. The van der Waals surface area contributed by atoms with Gasteiger partial charge in [0.15, 0.2) is 0 Å². The van der Waals surface area contributed by atoms with E-state index in [2.05, 4.69) is 10.6 Å². The van der Waals surface area contributed by atoms with E-state index in [0.29, 0.717) is 24.4 Å². The Morgan fingerprint density at radius 2 is 2.03 bits per heavy atom. The minimum atomic E-state index is -0.575. The fourth-order valence-corrected chi connectivity index (χ4v) is 3.81. The van der Waals surface area contributed by atoms with Crippen LogP contribution < -0.4 is 16.4 Å². The van der Waals surface area contributed by atoms with E-state index < -0.39 is 17.6 Å². The van der Waals surface area contributed by atoms with Crippen molar-refractivity contribution in [2.24, 2.45) is 5.73 Å². The van der Waals surface area contributed by atoms with Crippen LogP contribution in [0.1, 0.15) is 43.4 Å². The number of nitrogens with two attached hydrogens (primary N) is 1. The molecule has 2 heterocycles. The van der Waals surface area contributed by atoms with Gasteiger partial charge in [0.25, 0.3) is 0 Å². The second-order valence-electron chi connectivity index (χ2n) is 7.83. The zero-order valence-electron chi connectivity index (χ0n) is 17.0. The summed E-state index contributed by atoms with van der Waals surface area (Å²) >= 11 is 1.35. The van der Waals surface area contributed by atoms with Gasteiger partial charge in [-0.3, -0.25) is 25.1 Å². The Bertz CT molecular complexity index is 771. The summed E-state index contributed by atoms with van der Waals surface area (Å²) in [5, 5.41) is 13.1. The summed E-state index contributed by atoms with van der Waals surface area (Å²) in [6, 6.07) is 3.05. The predicted molar refractivity (Wildman–Crippen MR) is 111 cm³/mol. The second kappa shape index (κ2) is 9.84. The lowest BCUT2D eigenvalue weighted by Gasteiger charge is -2.24. The number of esters is 1. The van der Waals surface area contributed by atoms with Crippen LogP contribution in [0, 0.1) is 5.41 Å². The van der Waals surface area contributed by atoms with Gasteiger partial charge < -0.3 is 20.7 Å². The number of amides is 2. The number of rotatable bonds is 8. The summed E-state index contributed by atoms with van der Waals surface area (Å²) in [6.45, 7) is 6.08. The van der Waals surface area contributed by atoms with Gasteiger partial charge in [-0.25, -0.2) is 0 Å². The Balaban J connectivity index is 1.80. The summed E-state index contributed by atoms with van der Waals surface area (Å²) < 4.78 is 5.18. The van der Waals surface area contributed by atoms with Crippen LogP contribution in [0.5, 0.6) is 0 Å². The molecule has 1 unspecified atom stereocenters. The first-order chi connectivity index (χ1) is 13.6. The standard InChI is InChI=1S/C19H29N5O4S/c1-19(2,3)28-16(26)11-22-10-15(25)24-8-4-5-13(24)18(27)23-9-12-6-7-14(29-12)17(20)21/h6-7,13,22H,4-5,8-11H2,1-3H3,(H3,20,21)(H,23,27). The molecule has 1 fully saturated rings. The number of thiophene rings is 1. The molecule has 1 aliphatic rings. The van der Waals surface area contributed by atoms with E-state index in [9.17, 15) is 14.4 Å². The molecule has 9 nitrogen and oxygen atoms in total. The summed E-state index contributed by atoms with van der Waals surface area (Å²) in [4.78, 5) is 39.8. The van der Waals surface area contributed by atoms with Crippen molar-refractivity contribution in [2.45, 2.75) is 51.8 Å². The Morgan fingerprint density at radius 1 is 1.31 bits per heavy atom.